The molecule has 0 spiro atoms. The van der Waals surface area contributed by atoms with Crippen molar-refractivity contribution in [2.45, 2.75) is 51.9 Å². The molecule has 0 aromatic heterocycles. The monoisotopic (exact) mass is 331 g/mol. The molecule has 1 fully saturated rings. The van der Waals surface area contributed by atoms with Gasteiger partial charge in [0.05, 0.1) is 0 Å². The lowest BCUT2D eigenvalue weighted by molar-refractivity contribution is 0.0724. The summed E-state index contributed by atoms with van der Waals surface area (Å²) in [7, 11) is 0. The number of benzene rings is 1. The van der Waals surface area contributed by atoms with Crippen LogP contribution in [-0.4, -0.2) is 36.5 Å². The third-order valence-electron chi connectivity index (χ3n) is 4.33. The molecule has 132 valence electrons. The molecular weight excluding hydrogens is 302 g/mol. The normalized spacial score (nSPS) is 14.3. The van der Waals surface area contributed by atoms with Gasteiger partial charge in [-0.1, -0.05) is 32.3 Å². The van der Waals surface area contributed by atoms with Gasteiger partial charge in [0.15, 0.2) is 0 Å². The van der Waals surface area contributed by atoms with Crippen LogP contribution in [0.25, 0.3) is 0 Å². The van der Waals surface area contributed by atoms with E-state index in [4.69, 9.17) is 0 Å². The van der Waals surface area contributed by atoms with Gasteiger partial charge in [-0.15, -0.1) is 0 Å². The fourth-order valence-electron chi connectivity index (χ4n) is 2.94. The lowest BCUT2D eigenvalue weighted by Gasteiger charge is -2.26. The first-order valence-corrected chi connectivity index (χ1v) is 9.15. The zero-order valence-corrected chi connectivity index (χ0v) is 14.6. The smallest absolute Gasteiger partial charge is 0.319 e. The number of hydrogen-bond donors (Lipinski definition) is 2. The van der Waals surface area contributed by atoms with Gasteiger partial charge in [-0.2, -0.15) is 0 Å². The number of amides is 3. The highest BCUT2D eigenvalue weighted by Gasteiger charge is 2.18. The number of nitrogens with zero attached hydrogens (tertiary/aromatic N) is 1. The third-order valence-corrected chi connectivity index (χ3v) is 4.33. The van der Waals surface area contributed by atoms with Crippen LogP contribution in [0, 0.1) is 0 Å². The molecule has 1 aliphatic heterocycles. The molecule has 0 atom stereocenters. The van der Waals surface area contributed by atoms with Crippen molar-refractivity contribution in [1.82, 2.24) is 10.2 Å². The topological polar surface area (TPSA) is 61.4 Å². The Hall–Kier alpha value is -2.04. The van der Waals surface area contributed by atoms with Gasteiger partial charge in [0.25, 0.3) is 5.91 Å². The average Bonchev–Trinajstić information content (AvgIpc) is 2.62. The predicted molar refractivity (Wildman–Crippen MR) is 97.4 cm³/mol. The van der Waals surface area contributed by atoms with Crippen LogP contribution in [0.5, 0.6) is 0 Å². The number of piperidine rings is 1. The quantitative estimate of drug-likeness (QED) is 0.741. The molecule has 1 heterocycles. The van der Waals surface area contributed by atoms with Crippen molar-refractivity contribution in [1.29, 1.82) is 0 Å². The molecule has 0 bridgehead atoms. The number of likely N-dealkylation sites (tertiary alicyclic amines) is 1. The molecule has 0 unspecified atom stereocenters. The first-order valence-electron chi connectivity index (χ1n) is 9.15. The Balaban J connectivity index is 1.83. The second-order valence-corrected chi connectivity index (χ2v) is 6.38. The van der Waals surface area contributed by atoms with Gasteiger partial charge in [-0.25, -0.2) is 4.79 Å². The molecule has 1 aromatic rings. The van der Waals surface area contributed by atoms with Crippen LogP contribution in [0.4, 0.5) is 10.5 Å². The summed E-state index contributed by atoms with van der Waals surface area (Å²) < 4.78 is 0. The molecule has 1 aliphatic rings. The van der Waals surface area contributed by atoms with E-state index in [1.807, 2.05) is 23.1 Å². The number of rotatable bonds is 7. The maximum absolute atomic E-state index is 12.5. The number of anilines is 1. The van der Waals surface area contributed by atoms with Crippen molar-refractivity contribution < 1.29 is 9.59 Å². The van der Waals surface area contributed by atoms with Crippen molar-refractivity contribution in [3.8, 4) is 0 Å². The predicted octanol–water partition coefficient (Wildman–Crippen LogP) is 4.01. The Bertz CT molecular complexity index is 539. The summed E-state index contributed by atoms with van der Waals surface area (Å²) in [5, 5.41) is 5.67. The van der Waals surface area contributed by atoms with E-state index in [1.54, 1.807) is 6.07 Å². The number of carbonyl (C=O) groups excluding carboxylic acids is 2. The fraction of sp³-hybridized carbons (Fsp3) is 0.579. The number of unbranched alkanes of at least 4 members (excludes halogenated alkanes) is 3. The molecule has 2 rings (SSSR count). The highest BCUT2D eigenvalue weighted by atomic mass is 16.2. The zero-order valence-electron chi connectivity index (χ0n) is 14.6. The molecule has 2 N–H and O–H groups in total. The molecule has 0 saturated carbocycles. The van der Waals surface area contributed by atoms with Gasteiger partial charge in [0, 0.05) is 30.9 Å². The summed E-state index contributed by atoms with van der Waals surface area (Å²) in [6, 6.07) is 6.98. The molecule has 0 radical (unpaired) electrons. The maximum atomic E-state index is 12.5. The van der Waals surface area contributed by atoms with Crippen LogP contribution in [-0.2, 0) is 0 Å². The molecule has 5 nitrogen and oxygen atoms in total. The van der Waals surface area contributed by atoms with E-state index < -0.39 is 0 Å². The minimum absolute atomic E-state index is 0.0540. The van der Waals surface area contributed by atoms with Gasteiger partial charge in [-0.05, 0) is 43.9 Å². The SMILES string of the molecule is CCCCCCNC(=O)Nc1cccc(C(=O)N2CCCCC2)c1. The molecule has 1 aromatic carbocycles. The standard InChI is InChI=1S/C19H29N3O2/c1-2-3-4-6-12-20-19(24)21-17-11-9-10-16(15-17)18(23)22-13-7-5-8-14-22/h9-11,15H,2-8,12-14H2,1H3,(H2,20,21,24). The lowest BCUT2D eigenvalue weighted by Crippen LogP contribution is -2.35. The fourth-order valence-corrected chi connectivity index (χ4v) is 2.94. The van der Waals surface area contributed by atoms with E-state index in [0.717, 1.165) is 38.8 Å². The van der Waals surface area contributed by atoms with Gasteiger partial charge < -0.3 is 15.5 Å². The Labute approximate surface area is 144 Å². The molecule has 0 aliphatic carbocycles. The van der Waals surface area contributed by atoms with Crippen molar-refractivity contribution in [2.24, 2.45) is 0 Å². The Morgan fingerprint density at radius 2 is 1.88 bits per heavy atom. The Morgan fingerprint density at radius 1 is 1.08 bits per heavy atom. The van der Waals surface area contributed by atoms with E-state index in [9.17, 15) is 9.59 Å². The minimum Gasteiger partial charge on any atom is -0.339 e. The molecule has 5 heteroatoms. The molecule has 3 amide bonds. The number of urea groups is 1. The van der Waals surface area contributed by atoms with Gasteiger partial charge >= 0.3 is 6.03 Å². The summed E-state index contributed by atoms with van der Waals surface area (Å²) >= 11 is 0. The first kappa shape index (κ1) is 18.3. The van der Waals surface area contributed by atoms with Crippen molar-refractivity contribution >= 4 is 17.6 Å². The van der Waals surface area contributed by atoms with E-state index >= 15 is 0 Å². The van der Waals surface area contributed by atoms with Crippen molar-refractivity contribution in [3.63, 3.8) is 0 Å². The first-order chi connectivity index (χ1) is 11.7. The molecular formula is C19H29N3O2. The summed E-state index contributed by atoms with van der Waals surface area (Å²) in [5.74, 6) is 0.0540. The molecule has 24 heavy (non-hydrogen) atoms. The summed E-state index contributed by atoms with van der Waals surface area (Å²) in [6.07, 6.45) is 7.86. The van der Waals surface area contributed by atoms with E-state index in [1.165, 1.54) is 19.3 Å². The van der Waals surface area contributed by atoms with Crippen LogP contribution in [0.3, 0.4) is 0 Å². The van der Waals surface area contributed by atoms with Crippen molar-refractivity contribution in [3.05, 3.63) is 29.8 Å². The Morgan fingerprint density at radius 3 is 2.62 bits per heavy atom. The van der Waals surface area contributed by atoms with Crippen LogP contribution in [0.1, 0.15) is 62.2 Å². The summed E-state index contributed by atoms with van der Waals surface area (Å²) in [4.78, 5) is 26.3. The van der Waals surface area contributed by atoms with Gasteiger partial charge in [0.1, 0.15) is 0 Å². The van der Waals surface area contributed by atoms with E-state index in [0.29, 0.717) is 17.8 Å². The highest BCUT2D eigenvalue weighted by molar-refractivity contribution is 5.96. The third kappa shape index (κ3) is 5.87. The minimum atomic E-state index is -0.214. The van der Waals surface area contributed by atoms with Crippen LogP contribution in [0.2, 0.25) is 0 Å². The largest absolute Gasteiger partial charge is 0.339 e. The maximum Gasteiger partial charge on any atom is 0.319 e. The second kappa shape index (κ2) is 9.96. The number of carbonyl (C=O) groups is 2. The van der Waals surface area contributed by atoms with E-state index in [-0.39, 0.29) is 11.9 Å². The second-order valence-electron chi connectivity index (χ2n) is 6.38. The van der Waals surface area contributed by atoms with E-state index in [2.05, 4.69) is 17.6 Å². The van der Waals surface area contributed by atoms with Crippen LogP contribution < -0.4 is 10.6 Å². The van der Waals surface area contributed by atoms with Crippen LogP contribution >= 0.6 is 0 Å². The van der Waals surface area contributed by atoms with Gasteiger partial charge in [0.2, 0.25) is 0 Å². The van der Waals surface area contributed by atoms with Crippen LogP contribution in [0.15, 0.2) is 24.3 Å². The zero-order chi connectivity index (χ0) is 17.2. The Kier molecular flexibility index (Phi) is 7.59. The average molecular weight is 331 g/mol. The summed E-state index contributed by atoms with van der Waals surface area (Å²) in [5.41, 5.74) is 1.29. The highest BCUT2D eigenvalue weighted by Crippen LogP contribution is 2.16. The summed E-state index contributed by atoms with van der Waals surface area (Å²) in [6.45, 7) is 4.50. The number of hydrogen-bond acceptors (Lipinski definition) is 2. The lowest BCUT2D eigenvalue weighted by atomic mass is 10.1. The van der Waals surface area contributed by atoms with Gasteiger partial charge in [-0.3, -0.25) is 4.79 Å². The molecule has 1 saturated heterocycles. The van der Waals surface area contributed by atoms with Crippen molar-refractivity contribution in [2.75, 3.05) is 25.0 Å². The number of nitrogens with one attached hydrogen (secondary N) is 2.